The Bertz CT molecular complexity index is 284. The van der Waals surface area contributed by atoms with Crippen LogP contribution >= 0.6 is 0 Å². The molecule has 0 amide bonds. The minimum absolute atomic E-state index is 0.176. The van der Waals surface area contributed by atoms with Gasteiger partial charge in [-0.1, -0.05) is 6.58 Å². The van der Waals surface area contributed by atoms with Crippen LogP contribution < -0.4 is 11.5 Å². The van der Waals surface area contributed by atoms with Gasteiger partial charge in [0.1, 0.15) is 0 Å². The summed E-state index contributed by atoms with van der Waals surface area (Å²) in [5.74, 6) is -0.935. The number of hydrogen-bond acceptors (Lipinski definition) is 3. The van der Waals surface area contributed by atoms with Crippen molar-refractivity contribution in [1.29, 1.82) is 0 Å². The number of aliphatic carboxylic acids is 1. The monoisotopic (exact) mass is 194 g/mol. The molecule has 5 N–H and O–H groups in total. The molecule has 4 heteroatoms. The number of hydrogen-bond donors (Lipinski definition) is 3. The van der Waals surface area contributed by atoms with Gasteiger partial charge in [0.15, 0.2) is 0 Å². The van der Waals surface area contributed by atoms with E-state index in [-0.39, 0.29) is 5.57 Å². The van der Waals surface area contributed by atoms with E-state index < -0.39 is 5.97 Å². The minimum atomic E-state index is -0.935. The highest BCUT2D eigenvalue weighted by atomic mass is 16.4. The molecule has 0 aromatic heterocycles. The van der Waals surface area contributed by atoms with Crippen LogP contribution in [0.1, 0.15) is 6.92 Å². The van der Waals surface area contributed by atoms with Gasteiger partial charge in [0.2, 0.25) is 0 Å². The van der Waals surface area contributed by atoms with E-state index in [0.717, 1.165) is 11.4 Å². The summed E-state index contributed by atoms with van der Waals surface area (Å²) in [6, 6.07) is 7.09. The van der Waals surface area contributed by atoms with Gasteiger partial charge < -0.3 is 16.6 Å². The first-order chi connectivity index (χ1) is 6.43. The summed E-state index contributed by atoms with van der Waals surface area (Å²) in [5.41, 5.74) is 12.4. The Kier molecular flexibility index (Phi) is 4.84. The third-order valence-electron chi connectivity index (χ3n) is 1.30. The second kappa shape index (κ2) is 5.64. The summed E-state index contributed by atoms with van der Waals surface area (Å²) in [5, 5.41) is 7.89. The zero-order valence-electron chi connectivity index (χ0n) is 8.03. The first kappa shape index (κ1) is 12.0. The molecule has 0 saturated heterocycles. The smallest absolute Gasteiger partial charge is 0.330 e. The zero-order chi connectivity index (χ0) is 11.1. The maximum Gasteiger partial charge on any atom is 0.330 e. The summed E-state index contributed by atoms with van der Waals surface area (Å²) in [6.45, 7) is 4.60. The number of anilines is 2. The van der Waals surface area contributed by atoms with E-state index >= 15 is 0 Å². The van der Waals surface area contributed by atoms with Crippen molar-refractivity contribution < 1.29 is 9.90 Å². The largest absolute Gasteiger partial charge is 0.478 e. The van der Waals surface area contributed by atoms with E-state index in [4.69, 9.17) is 16.6 Å². The van der Waals surface area contributed by atoms with E-state index in [0.29, 0.717) is 0 Å². The highest BCUT2D eigenvalue weighted by Gasteiger charge is 1.90. The predicted octanol–water partition coefficient (Wildman–Crippen LogP) is 1.50. The second-order valence-corrected chi connectivity index (χ2v) is 2.75. The van der Waals surface area contributed by atoms with E-state index in [2.05, 4.69) is 6.58 Å². The SMILES string of the molecule is C=C(C)C(=O)O.Nc1ccc(N)cc1. The van der Waals surface area contributed by atoms with Crippen molar-refractivity contribution in [2.24, 2.45) is 0 Å². The molecule has 0 atom stereocenters. The van der Waals surface area contributed by atoms with E-state index in [9.17, 15) is 4.79 Å². The van der Waals surface area contributed by atoms with Crippen LogP contribution in [0.3, 0.4) is 0 Å². The lowest BCUT2D eigenvalue weighted by molar-refractivity contribution is -0.132. The van der Waals surface area contributed by atoms with Gasteiger partial charge in [-0.25, -0.2) is 4.79 Å². The maximum absolute atomic E-state index is 9.60. The van der Waals surface area contributed by atoms with Crippen LogP contribution in [0.5, 0.6) is 0 Å². The minimum Gasteiger partial charge on any atom is -0.478 e. The Balaban J connectivity index is 0.000000255. The van der Waals surface area contributed by atoms with Gasteiger partial charge in [0, 0.05) is 16.9 Å². The molecule has 0 heterocycles. The van der Waals surface area contributed by atoms with Gasteiger partial charge >= 0.3 is 5.97 Å². The first-order valence-electron chi connectivity index (χ1n) is 3.93. The highest BCUT2D eigenvalue weighted by molar-refractivity contribution is 5.84. The fourth-order valence-electron chi connectivity index (χ4n) is 0.496. The number of carbonyl (C=O) groups is 1. The van der Waals surface area contributed by atoms with E-state index in [1.165, 1.54) is 6.92 Å². The summed E-state index contributed by atoms with van der Waals surface area (Å²) in [7, 11) is 0. The van der Waals surface area contributed by atoms with Crippen LogP contribution in [-0.2, 0) is 4.79 Å². The molecule has 14 heavy (non-hydrogen) atoms. The van der Waals surface area contributed by atoms with Gasteiger partial charge in [-0.15, -0.1) is 0 Å². The number of nitrogen functional groups attached to an aromatic ring is 2. The molecule has 0 aliphatic heterocycles. The van der Waals surface area contributed by atoms with E-state index in [1.807, 2.05) is 0 Å². The molecule has 0 fully saturated rings. The normalized spacial score (nSPS) is 8.36. The molecule has 0 radical (unpaired) electrons. The van der Waals surface area contributed by atoms with Crippen molar-refractivity contribution in [3.63, 3.8) is 0 Å². The van der Waals surface area contributed by atoms with Crippen molar-refractivity contribution in [3.05, 3.63) is 36.4 Å². The lowest BCUT2D eigenvalue weighted by atomic mass is 10.3. The van der Waals surface area contributed by atoms with Crippen LogP contribution in [0.15, 0.2) is 36.4 Å². The molecule has 1 aromatic carbocycles. The third kappa shape index (κ3) is 5.65. The van der Waals surface area contributed by atoms with Crippen molar-refractivity contribution >= 4 is 17.3 Å². The average Bonchev–Trinajstić information content (AvgIpc) is 2.11. The highest BCUT2D eigenvalue weighted by Crippen LogP contribution is 2.04. The molecule has 0 aliphatic rings. The number of carboxylic acids is 1. The number of carboxylic acid groups (broad SMARTS) is 1. The third-order valence-corrected chi connectivity index (χ3v) is 1.30. The topological polar surface area (TPSA) is 89.3 Å². The molecule has 0 saturated carbocycles. The number of nitrogens with two attached hydrogens (primary N) is 2. The van der Waals surface area contributed by atoms with Crippen LogP contribution in [0.25, 0.3) is 0 Å². The molecule has 76 valence electrons. The lowest BCUT2D eigenvalue weighted by Crippen LogP contribution is -1.92. The molecule has 0 aliphatic carbocycles. The molecule has 0 bridgehead atoms. The van der Waals surface area contributed by atoms with E-state index in [1.54, 1.807) is 24.3 Å². The fourth-order valence-corrected chi connectivity index (χ4v) is 0.496. The molecule has 4 nitrogen and oxygen atoms in total. The van der Waals surface area contributed by atoms with Crippen LogP contribution in [0, 0.1) is 0 Å². The molecule has 0 spiro atoms. The second-order valence-electron chi connectivity index (χ2n) is 2.75. The molecular weight excluding hydrogens is 180 g/mol. The van der Waals surface area contributed by atoms with Crippen molar-refractivity contribution in [1.82, 2.24) is 0 Å². The Morgan fingerprint density at radius 3 is 1.57 bits per heavy atom. The standard InChI is InChI=1S/C6H8N2.C4H6O2/c7-5-1-2-6(8)4-3-5;1-3(2)4(5)6/h1-4H,7-8H2;1H2,2H3,(H,5,6). The summed E-state index contributed by atoms with van der Waals surface area (Å²) in [4.78, 5) is 9.60. The molecule has 1 rings (SSSR count). The van der Waals surface area contributed by atoms with Crippen LogP contribution in [0.4, 0.5) is 11.4 Å². The molecule has 1 aromatic rings. The zero-order valence-corrected chi connectivity index (χ0v) is 8.03. The fraction of sp³-hybridized carbons (Fsp3) is 0.100. The number of rotatable bonds is 1. The quantitative estimate of drug-likeness (QED) is 0.467. The predicted molar refractivity (Wildman–Crippen MR) is 57.7 cm³/mol. The summed E-state index contributed by atoms with van der Waals surface area (Å²) >= 11 is 0. The lowest BCUT2D eigenvalue weighted by Gasteiger charge is -1.90. The molecule has 0 unspecified atom stereocenters. The van der Waals surface area contributed by atoms with Gasteiger partial charge in [-0.05, 0) is 31.2 Å². The first-order valence-corrected chi connectivity index (χ1v) is 3.93. The summed E-state index contributed by atoms with van der Waals surface area (Å²) in [6.07, 6.45) is 0. The van der Waals surface area contributed by atoms with Gasteiger partial charge in [0.05, 0.1) is 0 Å². The van der Waals surface area contributed by atoms with Crippen molar-refractivity contribution in [2.45, 2.75) is 6.92 Å². The Morgan fingerprint density at radius 1 is 1.21 bits per heavy atom. The van der Waals surface area contributed by atoms with Crippen LogP contribution in [0.2, 0.25) is 0 Å². The Hall–Kier alpha value is -1.97. The maximum atomic E-state index is 9.60. The summed E-state index contributed by atoms with van der Waals surface area (Å²) < 4.78 is 0. The van der Waals surface area contributed by atoms with Crippen molar-refractivity contribution in [2.75, 3.05) is 11.5 Å². The average molecular weight is 194 g/mol. The number of benzene rings is 1. The van der Waals surface area contributed by atoms with Crippen LogP contribution in [-0.4, -0.2) is 11.1 Å². The Morgan fingerprint density at radius 2 is 1.43 bits per heavy atom. The van der Waals surface area contributed by atoms with Gasteiger partial charge in [0.25, 0.3) is 0 Å². The van der Waals surface area contributed by atoms with Crippen molar-refractivity contribution in [3.8, 4) is 0 Å². The van der Waals surface area contributed by atoms with Gasteiger partial charge in [-0.2, -0.15) is 0 Å². The molecular formula is C10H14N2O2. The van der Waals surface area contributed by atoms with Gasteiger partial charge in [-0.3, -0.25) is 0 Å². The Labute approximate surface area is 82.8 Å².